The Labute approximate surface area is 188 Å². The van der Waals surface area contributed by atoms with Gasteiger partial charge in [0.15, 0.2) is 0 Å². The maximum absolute atomic E-state index is 12.8. The Kier molecular flexibility index (Phi) is 5.79. The highest BCUT2D eigenvalue weighted by molar-refractivity contribution is 9.10. The van der Waals surface area contributed by atoms with Gasteiger partial charge in [-0.05, 0) is 65.3 Å². The van der Waals surface area contributed by atoms with Gasteiger partial charge >= 0.3 is 0 Å². The number of hydrogen-bond acceptors (Lipinski definition) is 6. The third-order valence-corrected chi connectivity index (χ3v) is 6.63. The summed E-state index contributed by atoms with van der Waals surface area (Å²) in [5, 5.41) is 8.25. The van der Waals surface area contributed by atoms with Crippen LogP contribution in [0, 0.1) is 6.92 Å². The lowest BCUT2D eigenvalue weighted by Gasteiger charge is -2.11. The van der Waals surface area contributed by atoms with Crippen molar-refractivity contribution in [3.8, 4) is 28.7 Å². The first-order chi connectivity index (χ1) is 14.9. The zero-order valence-corrected chi connectivity index (χ0v) is 19.1. The van der Waals surface area contributed by atoms with Gasteiger partial charge in [0.05, 0.1) is 28.8 Å². The monoisotopic (exact) mass is 499 g/mol. The Hall–Kier alpha value is -3.17. The lowest BCUT2D eigenvalue weighted by Crippen LogP contribution is -2.13. The molecule has 0 atom stereocenters. The molecule has 0 spiro atoms. The van der Waals surface area contributed by atoms with E-state index in [2.05, 4.69) is 30.8 Å². The van der Waals surface area contributed by atoms with Gasteiger partial charge in [-0.3, -0.25) is 4.72 Å². The molecule has 4 rings (SSSR count). The fourth-order valence-corrected chi connectivity index (χ4v) is 4.41. The highest BCUT2D eigenvalue weighted by Gasteiger charge is 2.20. The Balaban J connectivity index is 1.69. The number of nitrogens with zero attached hydrogens (tertiary/aromatic N) is 2. The molecule has 0 radical (unpaired) electrons. The third kappa shape index (κ3) is 4.47. The van der Waals surface area contributed by atoms with Crippen LogP contribution in [0.5, 0.6) is 5.75 Å². The van der Waals surface area contributed by atoms with E-state index in [0.29, 0.717) is 22.6 Å². The molecule has 31 heavy (non-hydrogen) atoms. The van der Waals surface area contributed by atoms with E-state index in [1.54, 1.807) is 67.8 Å². The number of para-hydroxylation sites is 1. The van der Waals surface area contributed by atoms with Crippen LogP contribution in [0.4, 0.5) is 5.69 Å². The molecule has 0 saturated carbocycles. The second kappa shape index (κ2) is 8.52. The van der Waals surface area contributed by atoms with Crippen LogP contribution in [-0.4, -0.2) is 25.7 Å². The molecule has 9 heteroatoms. The fourth-order valence-electron chi connectivity index (χ4n) is 2.92. The predicted octanol–water partition coefficient (Wildman–Crippen LogP) is 5.28. The number of aryl methyl sites for hydroxylation is 1. The summed E-state index contributed by atoms with van der Waals surface area (Å²) in [6, 6.07) is 18.9. The Morgan fingerprint density at radius 1 is 0.935 bits per heavy atom. The molecule has 1 N–H and O–H groups in total. The van der Waals surface area contributed by atoms with Gasteiger partial charge in [-0.15, -0.1) is 10.2 Å². The molecule has 0 aliphatic carbocycles. The van der Waals surface area contributed by atoms with Crippen molar-refractivity contribution >= 4 is 31.6 Å². The predicted molar refractivity (Wildman–Crippen MR) is 121 cm³/mol. The van der Waals surface area contributed by atoms with Crippen LogP contribution in [0.1, 0.15) is 5.56 Å². The van der Waals surface area contributed by atoms with Gasteiger partial charge in [0, 0.05) is 4.47 Å². The van der Waals surface area contributed by atoms with Crippen LogP contribution in [0.25, 0.3) is 22.9 Å². The quantitative estimate of drug-likeness (QED) is 0.387. The second-order valence-corrected chi connectivity index (χ2v) is 9.26. The van der Waals surface area contributed by atoms with Gasteiger partial charge in [0.2, 0.25) is 11.8 Å². The van der Waals surface area contributed by atoms with E-state index in [9.17, 15) is 8.42 Å². The molecule has 7 nitrogen and oxygen atoms in total. The van der Waals surface area contributed by atoms with E-state index in [1.165, 1.54) is 0 Å². The van der Waals surface area contributed by atoms with E-state index >= 15 is 0 Å². The summed E-state index contributed by atoms with van der Waals surface area (Å²) in [5.41, 5.74) is 2.44. The minimum atomic E-state index is -3.79. The summed E-state index contributed by atoms with van der Waals surface area (Å²) in [6.45, 7) is 1.90. The first-order valence-electron chi connectivity index (χ1n) is 9.24. The van der Waals surface area contributed by atoms with Gasteiger partial charge < -0.3 is 9.15 Å². The average Bonchev–Trinajstić information content (AvgIpc) is 3.24. The largest absolute Gasteiger partial charge is 0.497 e. The molecule has 0 aliphatic heterocycles. The molecule has 0 aliphatic rings. The molecule has 0 amide bonds. The van der Waals surface area contributed by atoms with E-state index in [1.807, 2.05) is 13.0 Å². The average molecular weight is 500 g/mol. The van der Waals surface area contributed by atoms with Gasteiger partial charge in [0.25, 0.3) is 10.0 Å². The first kappa shape index (κ1) is 21.1. The molecule has 0 saturated heterocycles. The number of ether oxygens (including phenoxy) is 1. The summed E-state index contributed by atoms with van der Waals surface area (Å²) in [6.07, 6.45) is 0. The minimum absolute atomic E-state index is 0.166. The molecular formula is C22H18BrN3O4S. The Morgan fingerprint density at radius 3 is 2.32 bits per heavy atom. The lowest BCUT2D eigenvalue weighted by atomic mass is 10.2. The molecule has 4 aromatic rings. The molecule has 3 aromatic carbocycles. The van der Waals surface area contributed by atoms with Crippen molar-refractivity contribution in [3.05, 3.63) is 76.8 Å². The number of hydrogen-bond donors (Lipinski definition) is 1. The highest BCUT2D eigenvalue weighted by atomic mass is 79.9. The van der Waals surface area contributed by atoms with Crippen LogP contribution in [0.3, 0.4) is 0 Å². The zero-order chi connectivity index (χ0) is 22.0. The van der Waals surface area contributed by atoms with Crippen molar-refractivity contribution in [1.82, 2.24) is 10.2 Å². The van der Waals surface area contributed by atoms with Crippen molar-refractivity contribution in [3.63, 3.8) is 0 Å². The lowest BCUT2D eigenvalue weighted by molar-refractivity contribution is 0.414. The van der Waals surface area contributed by atoms with Gasteiger partial charge in [-0.1, -0.05) is 29.8 Å². The SMILES string of the molecule is COc1ccc(Br)c(-c2nnc(-c3ccccc3NS(=O)(=O)c3ccc(C)cc3)o2)c1. The zero-order valence-electron chi connectivity index (χ0n) is 16.7. The van der Waals surface area contributed by atoms with Crippen molar-refractivity contribution in [2.45, 2.75) is 11.8 Å². The van der Waals surface area contributed by atoms with Crippen LogP contribution in [-0.2, 0) is 10.0 Å². The summed E-state index contributed by atoms with van der Waals surface area (Å²) >= 11 is 3.47. The number of aromatic nitrogens is 2. The van der Waals surface area contributed by atoms with Crippen molar-refractivity contribution in [1.29, 1.82) is 0 Å². The number of halogens is 1. The first-order valence-corrected chi connectivity index (χ1v) is 11.5. The number of methoxy groups -OCH3 is 1. The molecule has 158 valence electrons. The number of anilines is 1. The topological polar surface area (TPSA) is 94.3 Å². The maximum atomic E-state index is 12.8. The number of sulfonamides is 1. The summed E-state index contributed by atoms with van der Waals surface area (Å²) < 4.78 is 40.2. The molecule has 0 bridgehead atoms. The van der Waals surface area contributed by atoms with E-state index in [0.717, 1.165) is 10.0 Å². The fraction of sp³-hybridized carbons (Fsp3) is 0.0909. The van der Waals surface area contributed by atoms with Crippen molar-refractivity contribution < 1.29 is 17.6 Å². The van der Waals surface area contributed by atoms with Gasteiger partial charge in [0.1, 0.15) is 5.75 Å². The van der Waals surface area contributed by atoms with E-state index in [-0.39, 0.29) is 16.7 Å². The summed E-state index contributed by atoms with van der Waals surface area (Å²) in [7, 11) is -2.21. The Bertz CT molecular complexity index is 1340. The minimum Gasteiger partial charge on any atom is -0.497 e. The maximum Gasteiger partial charge on any atom is 0.261 e. The molecule has 0 unspecified atom stereocenters. The number of benzene rings is 3. The van der Waals surface area contributed by atoms with E-state index in [4.69, 9.17) is 9.15 Å². The molecule has 1 heterocycles. The molecular weight excluding hydrogens is 482 g/mol. The highest BCUT2D eigenvalue weighted by Crippen LogP contribution is 2.34. The molecule has 0 fully saturated rings. The Morgan fingerprint density at radius 2 is 1.61 bits per heavy atom. The standard InChI is InChI=1S/C22H18BrN3O4S/c1-14-7-10-16(11-8-14)31(27,28)26-20-6-4-3-5-17(20)21-24-25-22(30-21)18-13-15(29-2)9-12-19(18)23/h3-13,26H,1-2H3. The van der Waals surface area contributed by atoms with Gasteiger partial charge in [-0.25, -0.2) is 8.42 Å². The second-order valence-electron chi connectivity index (χ2n) is 6.72. The normalized spacial score (nSPS) is 11.3. The van der Waals surface area contributed by atoms with Crippen molar-refractivity contribution in [2.75, 3.05) is 11.8 Å². The molecule has 1 aromatic heterocycles. The summed E-state index contributed by atoms with van der Waals surface area (Å²) in [5.74, 6) is 1.10. The van der Waals surface area contributed by atoms with Crippen LogP contribution >= 0.6 is 15.9 Å². The van der Waals surface area contributed by atoms with Crippen molar-refractivity contribution in [2.24, 2.45) is 0 Å². The third-order valence-electron chi connectivity index (χ3n) is 4.56. The summed E-state index contributed by atoms with van der Waals surface area (Å²) in [4.78, 5) is 0.166. The number of nitrogens with one attached hydrogen (secondary N) is 1. The van der Waals surface area contributed by atoms with Crippen LogP contribution in [0.15, 0.2) is 80.5 Å². The van der Waals surface area contributed by atoms with Crippen LogP contribution in [0.2, 0.25) is 0 Å². The van der Waals surface area contributed by atoms with E-state index < -0.39 is 10.0 Å². The van der Waals surface area contributed by atoms with Crippen LogP contribution < -0.4 is 9.46 Å². The van der Waals surface area contributed by atoms with Gasteiger partial charge in [-0.2, -0.15) is 0 Å². The smallest absolute Gasteiger partial charge is 0.261 e. The number of rotatable bonds is 6.